The molecule has 0 fully saturated rings. The normalized spacial score (nSPS) is 14.3. The summed E-state index contributed by atoms with van der Waals surface area (Å²) in [5, 5.41) is 2.88. The summed E-state index contributed by atoms with van der Waals surface area (Å²) in [5.74, 6) is 0.642. The Balaban J connectivity index is 2.06. The second-order valence-electron chi connectivity index (χ2n) is 5.71. The maximum absolute atomic E-state index is 6.67. The summed E-state index contributed by atoms with van der Waals surface area (Å²) in [6, 6.07) is 15.2. The van der Waals surface area contributed by atoms with Crippen molar-refractivity contribution in [3.8, 4) is 0 Å². The fourth-order valence-corrected chi connectivity index (χ4v) is 3.35. The van der Waals surface area contributed by atoms with Gasteiger partial charge < -0.3 is 0 Å². The van der Waals surface area contributed by atoms with Gasteiger partial charge >= 0.3 is 0 Å². The Morgan fingerprint density at radius 3 is 2.45 bits per heavy atom. The largest absolute Gasteiger partial charge is 0.122 e. The van der Waals surface area contributed by atoms with E-state index in [1.54, 1.807) is 0 Å². The summed E-state index contributed by atoms with van der Waals surface area (Å²) in [5.41, 5.74) is 1.36. The highest BCUT2D eigenvalue weighted by Crippen LogP contribution is 2.26. The highest BCUT2D eigenvalue weighted by atomic mass is 35.5. The zero-order valence-corrected chi connectivity index (χ0v) is 13.4. The van der Waals surface area contributed by atoms with Crippen LogP contribution < -0.4 is 0 Å². The molecule has 0 spiro atoms. The van der Waals surface area contributed by atoms with Crippen LogP contribution in [0.4, 0.5) is 0 Å². The van der Waals surface area contributed by atoms with Gasteiger partial charge in [-0.25, -0.2) is 0 Å². The van der Waals surface area contributed by atoms with E-state index in [1.165, 1.54) is 42.0 Å². The molecule has 0 saturated carbocycles. The van der Waals surface area contributed by atoms with Crippen LogP contribution in [0, 0.1) is 5.92 Å². The Morgan fingerprint density at radius 2 is 1.75 bits per heavy atom. The number of hydrogen-bond donors (Lipinski definition) is 0. The van der Waals surface area contributed by atoms with Crippen molar-refractivity contribution < 1.29 is 0 Å². The minimum atomic E-state index is 0.257. The van der Waals surface area contributed by atoms with Crippen molar-refractivity contribution in [3.63, 3.8) is 0 Å². The summed E-state index contributed by atoms with van der Waals surface area (Å²) >= 11 is 6.67. The first kappa shape index (κ1) is 15.4. The molecule has 2 rings (SSSR count). The quantitative estimate of drug-likeness (QED) is 0.532. The molecule has 0 saturated heterocycles. The molecule has 0 bridgehead atoms. The molecule has 2 unspecified atom stereocenters. The molecule has 0 aliphatic heterocycles. The van der Waals surface area contributed by atoms with Crippen molar-refractivity contribution in [1.82, 2.24) is 0 Å². The predicted molar refractivity (Wildman–Crippen MR) is 90.6 cm³/mol. The standard InChI is InChI=1S/C19H25Cl/c1-3-5-8-16(4-2)19(20)14-15-11-12-17-9-6-7-10-18(17)13-15/h6-7,9-13,16,19H,3-5,8,14H2,1-2H3. The van der Waals surface area contributed by atoms with Crippen LogP contribution >= 0.6 is 11.6 Å². The van der Waals surface area contributed by atoms with E-state index in [1.807, 2.05) is 0 Å². The van der Waals surface area contributed by atoms with Crippen LogP contribution in [-0.2, 0) is 6.42 Å². The van der Waals surface area contributed by atoms with Gasteiger partial charge in [0.1, 0.15) is 0 Å². The zero-order chi connectivity index (χ0) is 14.4. The Bertz CT molecular complexity index is 532. The molecule has 1 heteroatoms. The molecule has 20 heavy (non-hydrogen) atoms. The van der Waals surface area contributed by atoms with Gasteiger partial charge in [0.05, 0.1) is 0 Å². The Morgan fingerprint density at radius 1 is 1.00 bits per heavy atom. The van der Waals surface area contributed by atoms with Gasteiger partial charge in [-0.2, -0.15) is 0 Å². The van der Waals surface area contributed by atoms with E-state index in [2.05, 4.69) is 56.3 Å². The second kappa shape index (κ2) is 7.69. The van der Waals surface area contributed by atoms with Crippen LogP contribution in [0.15, 0.2) is 42.5 Å². The van der Waals surface area contributed by atoms with Gasteiger partial charge in [-0.3, -0.25) is 0 Å². The minimum absolute atomic E-state index is 0.257. The smallest absolute Gasteiger partial charge is 0.0404 e. The van der Waals surface area contributed by atoms with Gasteiger partial charge in [0.15, 0.2) is 0 Å². The Hall–Kier alpha value is -1.01. The van der Waals surface area contributed by atoms with Crippen molar-refractivity contribution in [2.24, 2.45) is 5.92 Å². The predicted octanol–water partition coefficient (Wildman–Crippen LogP) is 6.21. The molecule has 0 aliphatic carbocycles. The van der Waals surface area contributed by atoms with Crippen LogP contribution in [0.1, 0.15) is 45.1 Å². The SMILES string of the molecule is CCCCC(CC)C(Cl)Cc1ccc2ccccc2c1. The maximum atomic E-state index is 6.67. The lowest BCUT2D eigenvalue weighted by atomic mass is 9.91. The highest BCUT2D eigenvalue weighted by molar-refractivity contribution is 6.20. The van der Waals surface area contributed by atoms with Gasteiger partial charge in [0, 0.05) is 5.38 Å². The minimum Gasteiger partial charge on any atom is -0.122 e. The molecular weight excluding hydrogens is 264 g/mol. The van der Waals surface area contributed by atoms with Gasteiger partial charge in [-0.15, -0.1) is 11.6 Å². The lowest BCUT2D eigenvalue weighted by Crippen LogP contribution is -2.17. The summed E-state index contributed by atoms with van der Waals surface area (Å²) in [4.78, 5) is 0. The van der Waals surface area contributed by atoms with E-state index < -0.39 is 0 Å². The third kappa shape index (κ3) is 3.99. The fraction of sp³-hybridized carbons (Fsp3) is 0.474. The lowest BCUT2D eigenvalue weighted by molar-refractivity contribution is 0.428. The average molecular weight is 289 g/mol. The van der Waals surface area contributed by atoms with Crippen molar-refractivity contribution in [2.75, 3.05) is 0 Å². The molecule has 108 valence electrons. The van der Waals surface area contributed by atoms with E-state index in [9.17, 15) is 0 Å². The van der Waals surface area contributed by atoms with Gasteiger partial charge in [0.25, 0.3) is 0 Å². The molecular formula is C19H25Cl. The summed E-state index contributed by atoms with van der Waals surface area (Å²) in [6.07, 6.45) is 5.97. The first-order valence-electron chi connectivity index (χ1n) is 7.86. The number of benzene rings is 2. The van der Waals surface area contributed by atoms with Crippen molar-refractivity contribution in [2.45, 2.75) is 51.3 Å². The molecule has 0 aromatic heterocycles. The van der Waals surface area contributed by atoms with Crippen molar-refractivity contribution in [3.05, 3.63) is 48.0 Å². The number of rotatable bonds is 7. The molecule has 0 radical (unpaired) electrons. The van der Waals surface area contributed by atoms with E-state index in [-0.39, 0.29) is 5.38 Å². The Labute approximate surface area is 128 Å². The van der Waals surface area contributed by atoms with Crippen LogP contribution in [0.5, 0.6) is 0 Å². The molecule has 2 aromatic rings. The molecule has 0 amide bonds. The van der Waals surface area contributed by atoms with Crippen LogP contribution in [0.3, 0.4) is 0 Å². The van der Waals surface area contributed by atoms with Gasteiger partial charge in [-0.05, 0) is 35.1 Å². The van der Waals surface area contributed by atoms with Gasteiger partial charge in [0.2, 0.25) is 0 Å². The number of unbranched alkanes of at least 4 members (excludes halogenated alkanes) is 1. The van der Waals surface area contributed by atoms with Crippen LogP contribution in [-0.4, -0.2) is 5.38 Å². The molecule has 0 nitrogen and oxygen atoms in total. The van der Waals surface area contributed by atoms with Crippen LogP contribution in [0.2, 0.25) is 0 Å². The lowest BCUT2D eigenvalue weighted by Gasteiger charge is -2.21. The fourth-order valence-electron chi connectivity index (χ4n) is 2.86. The van der Waals surface area contributed by atoms with Crippen LogP contribution in [0.25, 0.3) is 10.8 Å². The van der Waals surface area contributed by atoms with E-state index in [0.29, 0.717) is 5.92 Å². The summed E-state index contributed by atoms with van der Waals surface area (Å²) in [6.45, 7) is 4.51. The summed E-state index contributed by atoms with van der Waals surface area (Å²) in [7, 11) is 0. The topological polar surface area (TPSA) is 0 Å². The molecule has 0 N–H and O–H groups in total. The molecule has 0 heterocycles. The number of fused-ring (bicyclic) bond motifs is 1. The first-order valence-corrected chi connectivity index (χ1v) is 8.30. The zero-order valence-electron chi connectivity index (χ0n) is 12.6. The highest BCUT2D eigenvalue weighted by Gasteiger charge is 2.17. The first-order chi connectivity index (χ1) is 9.74. The Kier molecular flexibility index (Phi) is 5.91. The second-order valence-corrected chi connectivity index (χ2v) is 6.27. The molecule has 2 aromatic carbocycles. The van der Waals surface area contributed by atoms with Crippen molar-refractivity contribution >= 4 is 22.4 Å². The molecule has 0 aliphatic rings. The third-order valence-electron chi connectivity index (χ3n) is 4.21. The van der Waals surface area contributed by atoms with Gasteiger partial charge in [-0.1, -0.05) is 75.6 Å². The third-order valence-corrected chi connectivity index (χ3v) is 4.72. The molecule has 2 atom stereocenters. The monoisotopic (exact) mass is 288 g/mol. The average Bonchev–Trinajstić information content (AvgIpc) is 2.48. The number of alkyl halides is 1. The number of halogens is 1. The summed E-state index contributed by atoms with van der Waals surface area (Å²) < 4.78 is 0. The van der Waals surface area contributed by atoms with Crippen molar-refractivity contribution in [1.29, 1.82) is 0 Å². The maximum Gasteiger partial charge on any atom is 0.0404 e. The van der Waals surface area contributed by atoms with E-state index in [4.69, 9.17) is 11.6 Å². The van der Waals surface area contributed by atoms with E-state index in [0.717, 1.165) is 6.42 Å². The number of hydrogen-bond acceptors (Lipinski definition) is 0. The van der Waals surface area contributed by atoms with E-state index >= 15 is 0 Å².